The summed E-state index contributed by atoms with van der Waals surface area (Å²) < 4.78 is 5.80. The molecule has 0 saturated heterocycles. The van der Waals surface area contributed by atoms with E-state index in [0.29, 0.717) is 15.8 Å². The van der Waals surface area contributed by atoms with Gasteiger partial charge in [-0.25, -0.2) is 0 Å². The van der Waals surface area contributed by atoms with Gasteiger partial charge in [-0.1, -0.05) is 60.8 Å². The molecule has 2 aromatic rings. The van der Waals surface area contributed by atoms with Crippen molar-refractivity contribution in [3.05, 3.63) is 63.6 Å². The van der Waals surface area contributed by atoms with E-state index >= 15 is 0 Å². The fourth-order valence-corrected chi connectivity index (χ4v) is 2.89. The van der Waals surface area contributed by atoms with Crippen LogP contribution in [0.2, 0.25) is 10.0 Å². The summed E-state index contributed by atoms with van der Waals surface area (Å²) in [6.07, 6.45) is 2.21. The van der Waals surface area contributed by atoms with Gasteiger partial charge in [0.15, 0.2) is 0 Å². The van der Waals surface area contributed by atoms with Crippen molar-refractivity contribution in [1.29, 1.82) is 0 Å². The highest BCUT2D eigenvalue weighted by Gasteiger charge is 2.04. The maximum atomic E-state index is 6.13. The first-order chi connectivity index (χ1) is 11.5. The number of hydrogen-bond acceptors (Lipinski definition) is 2. The molecule has 0 heterocycles. The number of benzene rings is 2. The minimum absolute atomic E-state index is 0.501. The summed E-state index contributed by atoms with van der Waals surface area (Å²) in [5, 5.41) is 1.10. The van der Waals surface area contributed by atoms with Gasteiger partial charge in [0.2, 0.25) is 0 Å². The normalized spacial score (nSPS) is 11.8. The number of rotatable bonds is 7. The Balaban J connectivity index is 2.04. The Hall–Kier alpha value is -1.48. The smallest absolute Gasteiger partial charge is 0.146 e. The molecule has 4 heteroatoms. The van der Waals surface area contributed by atoms with Crippen molar-refractivity contribution in [3.8, 4) is 11.5 Å². The quantitative estimate of drug-likeness (QED) is 0.554. The van der Waals surface area contributed by atoms with Gasteiger partial charge in [-0.2, -0.15) is 0 Å². The maximum Gasteiger partial charge on any atom is 0.146 e. The van der Waals surface area contributed by atoms with Crippen LogP contribution in [-0.2, 0) is 0 Å². The van der Waals surface area contributed by atoms with Gasteiger partial charge < -0.3 is 4.74 Å². The molecule has 2 nitrogen and oxygen atoms in total. The van der Waals surface area contributed by atoms with Crippen LogP contribution in [0.25, 0.3) is 6.08 Å². The van der Waals surface area contributed by atoms with E-state index in [1.54, 1.807) is 18.2 Å². The molecule has 24 heavy (non-hydrogen) atoms. The second-order valence-electron chi connectivity index (χ2n) is 5.70. The standard InChI is InChI=1S/C20H23Cl2NO/c1-4-23(5-2)14-15(3)12-16-6-9-18(10-7-16)24-20-11-8-17(21)13-19(20)22/h6-13H,4-5,14H2,1-3H3. The predicted octanol–water partition coefficient (Wildman–Crippen LogP) is 6.53. The zero-order valence-electron chi connectivity index (χ0n) is 14.4. The highest BCUT2D eigenvalue weighted by atomic mass is 35.5. The van der Waals surface area contributed by atoms with Crippen LogP contribution in [0, 0.1) is 0 Å². The summed E-state index contributed by atoms with van der Waals surface area (Å²) in [5.74, 6) is 1.35. The van der Waals surface area contributed by atoms with Gasteiger partial charge in [-0.3, -0.25) is 4.90 Å². The van der Waals surface area contributed by atoms with Crippen LogP contribution < -0.4 is 4.74 Å². The molecule has 0 unspecified atom stereocenters. The predicted molar refractivity (Wildman–Crippen MR) is 104 cm³/mol. The van der Waals surface area contributed by atoms with Crippen LogP contribution in [0.5, 0.6) is 11.5 Å². The topological polar surface area (TPSA) is 12.5 Å². The van der Waals surface area contributed by atoms with E-state index in [-0.39, 0.29) is 0 Å². The van der Waals surface area contributed by atoms with Crippen molar-refractivity contribution in [2.45, 2.75) is 20.8 Å². The van der Waals surface area contributed by atoms with Gasteiger partial charge in [0.1, 0.15) is 11.5 Å². The molecular formula is C20H23Cl2NO. The SMILES string of the molecule is CCN(CC)CC(C)=Cc1ccc(Oc2ccc(Cl)cc2Cl)cc1. The highest BCUT2D eigenvalue weighted by Crippen LogP contribution is 2.31. The number of ether oxygens (including phenoxy) is 1. The van der Waals surface area contributed by atoms with E-state index in [0.717, 1.165) is 30.9 Å². The zero-order valence-corrected chi connectivity index (χ0v) is 15.9. The van der Waals surface area contributed by atoms with Crippen molar-refractivity contribution >= 4 is 29.3 Å². The fraction of sp³-hybridized carbons (Fsp3) is 0.300. The minimum Gasteiger partial charge on any atom is -0.456 e. The number of hydrogen-bond donors (Lipinski definition) is 0. The first kappa shape index (κ1) is 18.9. The van der Waals surface area contributed by atoms with E-state index in [2.05, 4.69) is 31.7 Å². The lowest BCUT2D eigenvalue weighted by atomic mass is 10.1. The van der Waals surface area contributed by atoms with Crippen LogP contribution in [-0.4, -0.2) is 24.5 Å². The second kappa shape index (κ2) is 9.12. The molecule has 2 rings (SSSR count). The van der Waals surface area contributed by atoms with Crippen molar-refractivity contribution < 1.29 is 4.74 Å². The summed E-state index contributed by atoms with van der Waals surface area (Å²) in [5.41, 5.74) is 2.50. The molecular weight excluding hydrogens is 341 g/mol. The highest BCUT2D eigenvalue weighted by molar-refractivity contribution is 6.35. The molecule has 0 atom stereocenters. The molecule has 128 valence electrons. The molecule has 0 aliphatic heterocycles. The molecule has 0 bridgehead atoms. The maximum absolute atomic E-state index is 6.13. The van der Waals surface area contributed by atoms with Crippen molar-refractivity contribution in [1.82, 2.24) is 4.90 Å². The molecule has 0 aromatic heterocycles. The Morgan fingerprint density at radius 3 is 2.29 bits per heavy atom. The Morgan fingerprint density at radius 2 is 1.71 bits per heavy atom. The van der Waals surface area contributed by atoms with Gasteiger partial charge in [0.25, 0.3) is 0 Å². The van der Waals surface area contributed by atoms with E-state index < -0.39 is 0 Å². The van der Waals surface area contributed by atoms with Crippen LogP contribution in [0.4, 0.5) is 0 Å². The summed E-state index contributed by atoms with van der Waals surface area (Å²) in [6.45, 7) is 9.66. The summed E-state index contributed by atoms with van der Waals surface area (Å²) in [4.78, 5) is 2.39. The average molecular weight is 364 g/mol. The van der Waals surface area contributed by atoms with Gasteiger partial charge in [0, 0.05) is 11.6 Å². The summed E-state index contributed by atoms with van der Waals surface area (Å²) in [6, 6.07) is 13.2. The largest absolute Gasteiger partial charge is 0.456 e. The minimum atomic E-state index is 0.501. The van der Waals surface area contributed by atoms with Crippen LogP contribution in [0.15, 0.2) is 48.0 Å². The Bertz CT molecular complexity index is 691. The Labute approximate surface area is 154 Å². The fourth-order valence-electron chi connectivity index (χ4n) is 2.45. The second-order valence-corrected chi connectivity index (χ2v) is 6.54. The molecule has 0 fully saturated rings. The third-order valence-electron chi connectivity index (χ3n) is 3.78. The molecule has 0 spiro atoms. The van der Waals surface area contributed by atoms with Crippen molar-refractivity contribution in [3.63, 3.8) is 0 Å². The third kappa shape index (κ3) is 5.55. The monoisotopic (exact) mass is 363 g/mol. The Morgan fingerprint density at radius 1 is 1.04 bits per heavy atom. The van der Waals surface area contributed by atoms with Gasteiger partial charge in [-0.15, -0.1) is 0 Å². The summed E-state index contributed by atoms with van der Waals surface area (Å²) >= 11 is 12.0. The first-order valence-corrected chi connectivity index (χ1v) is 8.90. The van der Waals surface area contributed by atoms with Gasteiger partial charge in [0.05, 0.1) is 5.02 Å². The molecule has 0 aliphatic rings. The van der Waals surface area contributed by atoms with E-state index in [4.69, 9.17) is 27.9 Å². The molecule has 0 saturated carbocycles. The Kier molecular flexibility index (Phi) is 7.16. The molecule has 2 aromatic carbocycles. The van der Waals surface area contributed by atoms with Gasteiger partial charge in [-0.05, 0) is 55.9 Å². The number of halogens is 2. The lowest BCUT2D eigenvalue weighted by Gasteiger charge is -2.18. The van der Waals surface area contributed by atoms with Crippen LogP contribution in [0.3, 0.4) is 0 Å². The van der Waals surface area contributed by atoms with E-state index in [9.17, 15) is 0 Å². The van der Waals surface area contributed by atoms with Crippen molar-refractivity contribution in [2.75, 3.05) is 19.6 Å². The molecule has 0 N–H and O–H groups in total. The lowest BCUT2D eigenvalue weighted by Crippen LogP contribution is -2.24. The third-order valence-corrected chi connectivity index (χ3v) is 4.31. The van der Waals surface area contributed by atoms with Gasteiger partial charge >= 0.3 is 0 Å². The zero-order chi connectivity index (χ0) is 17.5. The number of nitrogens with zero attached hydrogens (tertiary/aromatic N) is 1. The van der Waals surface area contributed by atoms with Crippen LogP contribution in [0.1, 0.15) is 26.3 Å². The van der Waals surface area contributed by atoms with Crippen LogP contribution >= 0.6 is 23.2 Å². The molecule has 0 radical (unpaired) electrons. The number of likely N-dealkylation sites (N-methyl/N-ethyl adjacent to an activating group) is 1. The molecule has 0 aliphatic carbocycles. The van der Waals surface area contributed by atoms with E-state index in [1.165, 1.54) is 5.57 Å². The van der Waals surface area contributed by atoms with Crippen molar-refractivity contribution in [2.24, 2.45) is 0 Å². The summed E-state index contributed by atoms with van der Waals surface area (Å²) in [7, 11) is 0. The lowest BCUT2D eigenvalue weighted by molar-refractivity contribution is 0.330. The molecule has 0 amide bonds. The van der Waals surface area contributed by atoms with E-state index in [1.807, 2.05) is 24.3 Å². The average Bonchev–Trinajstić information content (AvgIpc) is 2.57. The first-order valence-electron chi connectivity index (χ1n) is 8.14.